The quantitative estimate of drug-likeness (QED) is 0.831. The molecule has 0 spiro atoms. The van der Waals surface area contributed by atoms with Crippen molar-refractivity contribution in [1.29, 1.82) is 0 Å². The Morgan fingerprint density at radius 2 is 2.06 bits per heavy atom. The molecule has 18 heavy (non-hydrogen) atoms. The molecule has 5 nitrogen and oxygen atoms in total. The van der Waals surface area contributed by atoms with Gasteiger partial charge in [0.15, 0.2) is 0 Å². The second-order valence-electron chi connectivity index (χ2n) is 3.52. The molecule has 0 unspecified atom stereocenters. The number of nitrogens with zero attached hydrogens (tertiary/aromatic N) is 1. The van der Waals surface area contributed by atoms with E-state index in [0.717, 1.165) is 5.56 Å². The van der Waals surface area contributed by atoms with E-state index in [2.05, 4.69) is 9.97 Å². The predicted molar refractivity (Wildman–Crippen MR) is 68.4 cm³/mol. The molecule has 0 aliphatic heterocycles. The van der Waals surface area contributed by atoms with E-state index in [1.165, 1.54) is 6.07 Å². The van der Waals surface area contributed by atoms with Crippen LogP contribution >= 0.6 is 12.2 Å². The van der Waals surface area contributed by atoms with E-state index in [9.17, 15) is 4.79 Å². The van der Waals surface area contributed by atoms with E-state index >= 15 is 0 Å². The first-order chi connectivity index (χ1) is 8.60. The van der Waals surface area contributed by atoms with Gasteiger partial charge < -0.3 is 14.8 Å². The first-order valence-electron chi connectivity index (χ1n) is 5.09. The van der Waals surface area contributed by atoms with Crippen molar-refractivity contribution >= 4 is 18.2 Å². The molecule has 92 valence electrons. The molecule has 0 saturated carbocycles. The number of ether oxygens (including phenoxy) is 1. The molecular weight excluding hydrogens is 252 g/mol. The van der Waals surface area contributed by atoms with Crippen molar-refractivity contribution in [1.82, 2.24) is 9.97 Å². The molecule has 2 N–H and O–H groups in total. The molecule has 1 heterocycles. The summed E-state index contributed by atoms with van der Waals surface area (Å²) < 4.78 is 5.28. The smallest absolute Gasteiger partial charge is 0.352 e. The van der Waals surface area contributed by atoms with Crippen LogP contribution in [-0.2, 0) is 0 Å². The zero-order valence-corrected chi connectivity index (χ0v) is 10.3. The SMILES string of the molecule is COc1ccc(-c2nc(=S)cc(C(=O)O)[nH]2)cc1. The summed E-state index contributed by atoms with van der Waals surface area (Å²) in [4.78, 5) is 17.7. The summed E-state index contributed by atoms with van der Waals surface area (Å²) in [5.74, 6) is 0.0625. The maximum absolute atomic E-state index is 10.9. The van der Waals surface area contributed by atoms with E-state index in [-0.39, 0.29) is 10.3 Å². The van der Waals surface area contributed by atoms with Gasteiger partial charge in [-0.05, 0) is 24.3 Å². The fraction of sp³-hybridized carbons (Fsp3) is 0.0833. The first kappa shape index (κ1) is 12.3. The number of methoxy groups -OCH3 is 1. The van der Waals surface area contributed by atoms with E-state index in [4.69, 9.17) is 22.1 Å². The first-order valence-corrected chi connectivity index (χ1v) is 5.50. The van der Waals surface area contributed by atoms with Gasteiger partial charge in [-0.2, -0.15) is 0 Å². The highest BCUT2D eigenvalue weighted by molar-refractivity contribution is 7.71. The summed E-state index contributed by atoms with van der Waals surface area (Å²) in [7, 11) is 1.58. The topological polar surface area (TPSA) is 75.2 Å². The van der Waals surface area contributed by atoms with Crippen molar-refractivity contribution in [2.75, 3.05) is 7.11 Å². The minimum absolute atomic E-state index is 0.0146. The summed E-state index contributed by atoms with van der Waals surface area (Å²) in [6.45, 7) is 0. The number of hydrogen-bond donors (Lipinski definition) is 2. The zero-order valence-electron chi connectivity index (χ0n) is 9.51. The van der Waals surface area contributed by atoms with E-state index < -0.39 is 5.97 Å². The fourth-order valence-corrected chi connectivity index (χ4v) is 1.67. The molecule has 0 bridgehead atoms. The number of aromatic carboxylic acids is 1. The molecule has 2 aromatic rings. The molecule has 0 saturated heterocycles. The summed E-state index contributed by atoms with van der Waals surface area (Å²) in [5.41, 5.74) is 0.755. The van der Waals surface area contributed by atoms with Crippen molar-refractivity contribution in [3.05, 3.63) is 40.7 Å². The lowest BCUT2D eigenvalue weighted by Gasteiger charge is -2.04. The molecule has 0 aliphatic rings. The van der Waals surface area contributed by atoms with E-state index in [0.29, 0.717) is 11.6 Å². The van der Waals surface area contributed by atoms with Gasteiger partial charge in [-0.1, -0.05) is 12.2 Å². The average Bonchev–Trinajstić information content (AvgIpc) is 2.38. The lowest BCUT2D eigenvalue weighted by molar-refractivity contribution is 0.0690. The number of H-pyrrole nitrogens is 1. The number of carbonyl (C=O) groups is 1. The van der Waals surface area contributed by atoms with Gasteiger partial charge in [0.2, 0.25) is 0 Å². The molecule has 2 rings (SSSR count). The Bertz CT molecular complexity index is 635. The maximum atomic E-state index is 10.9. The Kier molecular flexibility index (Phi) is 3.38. The minimum Gasteiger partial charge on any atom is -0.497 e. The molecule has 0 atom stereocenters. The van der Waals surface area contributed by atoms with Crippen LogP contribution in [0.15, 0.2) is 30.3 Å². The largest absolute Gasteiger partial charge is 0.497 e. The van der Waals surface area contributed by atoms with Gasteiger partial charge in [-0.25, -0.2) is 9.78 Å². The highest BCUT2D eigenvalue weighted by atomic mass is 32.1. The molecule has 0 amide bonds. The zero-order chi connectivity index (χ0) is 13.1. The Morgan fingerprint density at radius 3 is 2.61 bits per heavy atom. The summed E-state index contributed by atoms with van der Waals surface area (Å²) in [5, 5.41) is 8.94. The molecular formula is C12H10N2O3S. The van der Waals surface area contributed by atoms with Crippen LogP contribution in [0.5, 0.6) is 5.75 Å². The molecule has 0 radical (unpaired) electrons. The molecule has 0 aliphatic carbocycles. The number of aromatic nitrogens is 2. The number of nitrogens with one attached hydrogen (secondary N) is 1. The van der Waals surface area contributed by atoms with Crippen molar-refractivity contribution in [3.8, 4) is 17.1 Å². The predicted octanol–water partition coefficient (Wildman–Crippen LogP) is 2.51. The van der Waals surface area contributed by atoms with Crippen molar-refractivity contribution in [2.45, 2.75) is 0 Å². The Balaban J connectivity index is 2.49. The molecule has 1 aromatic heterocycles. The third-order valence-electron chi connectivity index (χ3n) is 2.34. The normalized spacial score (nSPS) is 10.1. The number of rotatable bonds is 3. The summed E-state index contributed by atoms with van der Waals surface area (Å²) >= 11 is 4.94. The van der Waals surface area contributed by atoms with Crippen LogP contribution in [0.25, 0.3) is 11.4 Å². The van der Waals surface area contributed by atoms with Gasteiger partial charge in [-0.3, -0.25) is 0 Å². The van der Waals surface area contributed by atoms with Crippen LogP contribution in [0.4, 0.5) is 0 Å². The molecule has 1 aromatic carbocycles. The van der Waals surface area contributed by atoms with Crippen molar-refractivity contribution in [2.24, 2.45) is 0 Å². The van der Waals surface area contributed by atoms with E-state index in [1.54, 1.807) is 31.4 Å². The number of aromatic amines is 1. The van der Waals surface area contributed by atoms with Gasteiger partial charge in [0.05, 0.1) is 7.11 Å². The number of benzene rings is 1. The summed E-state index contributed by atoms with van der Waals surface area (Å²) in [6.07, 6.45) is 0. The standard InChI is InChI=1S/C12H10N2O3S/c1-17-8-4-2-7(3-5-8)11-13-9(12(15)16)6-10(18)14-11/h2-6H,1H3,(H,15,16)(H,13,14,18). The number of hydrogen-bond acceptors (Lipinski definition) is 4. The summed E-state index contributed by atoms with van der Waals surface area (Å²) in [6, 6.07) is 8.39. The van der Waals surface area contributed by atoms with Crippen molar-refractivity contribution < 1.29 is 14.6 Å². The van der Waals surface area contributed by atoms with Gasteiger partial charge in [0, 0.05) is 11.6 Å². The monoisotopic (exact) mass is 262 g/mol. The fourth-order valence-electron chi connectivity index (χ4n) is 1.46. The Labute approximate surface area is 108 Å². The van der Waals surface area contributed by atoms with Gasteiger partial charge in [0.25, 0.3) is 0 Å². The highest BCUT2D eigenvalue weighted by Gasteiger charge is 2.07. The van der Waals surface area contributed by atoms with Crippen LogP contribution in [-0.4, -0.2) is 28.2 Å². The lowest BCUT2D eigenvalue weighted by Crippen LogP contribution is -2.03. The minimum atomic E-state index is -1.07. The van der Waals surface area contributed by atoms with Gasteiger partial charge in [-0.15, -0.1) is 0 Å². The van der Waals surface area contributed by atoms with Gasteiger partial charge in [0.1, 0.15) is 21.9 Å². The number of carboxylic acid groups (broad SMARTS) is 1. The van der Waals surface area contributed by atoms with Crippen LogP contribution in [0.2, 0.25) is 0 Å². The van der Waals surface area contributed by atoms with Gasteiger partial charge >= 0.3 is 5.97 Å². The van der Waals surface area contributed by atoms with Crippen LogP contribution < -0.4 is 4.74 Å². The Morgan fingerprint density at radius 1 is 1.39 bits per heavy atom. The average molecular weight is 262 g/mol. The third kappa shape index (κ3) is 2.54. The van der Waals surface area contributed by atoms with E-state index in [1.807, 2.05) is 0 Å². The van der Waals surface area contributed by atoms with Crippen LogP contribution in [0.3, 0.4) is 0 Å². The number of carboxylic acids is 1. The van der Waals surface area contributed by atoms with Crippen LogP contribution in [0, 0.1) is 4.64 Å². The molecule has 0 fully saturated rings. The molecule has 6 heteroatoms. The second-order valence-corrected chi connectivity index (χ2v) is 3.93. The van der Waals surface area contributed by atoms with Crippen LogP contribution in [0.1, 0.15) is 10.5 Å². The lowest BCUT2D eigenvalue weighted by atomic mass is 10.2. The highest BCUT2D eigenvalue weighted by Crippen LogP contribution is 2.19. The second kappa shape index (κ2) is 4.97. The Hall–Kier alpha value is -2.21. The van der Waals surface area contributed by atoms with Crippen molar-refractivity contribution in [3.63, 3.8) is 0 Å². The third-order valence-corrected chi connectivity index (χ3v) is 2.55. The maximum Gasteiger partial charge on any atom is 0.352 e.